The maximum atomic E-state index is 13.9. The molecule has 14 heteroatoms. The molecule has 2 aromatic rings. The smallest absolute Gasteiger partial charge is 0.284 e. The molecular weight excluding hydrogens is 641 g/mol. The highest BCUT2D eigenvalue weighted by molar-refractivity contribution is 7.90. The fourth-order valence-electron chi connectivity index (χ4n) is 6.10. The first kappa shape index (κ1) is 36.9. The van der Waals surface area contributed by atoms with Gasteiger partial charge in [-0.25, -0.2) is 18.1 Å². The van der Waals surface area contributed by atoms with Crippen molar-refractivity contribution in [2.45, 2.75) is 107 Å². The number of carbonyl (C=O) groups is 3. The number of aromatic nitrogens is 1. The number of nitrogens with zero attached hydrogens (tertiary/aromatic N) is 3. The second-order valence-corrected chi connectivity index (χ2v) is 16.1. The molecule has 4 rings (SSSR count). The minimum Gasteiger partial charge on any atom is -0.386 e. The summed E-state index contributed by atoms with van der Waals surface area (Å²) >= 11 is 1.04. The van der Waals surface area contributed by atoms with Crippen LogP contribution in [0.25, 0.3) is 0 Å². The predicted octanol–water partition coefficient (Wildman–Crippen LogP) is 3.13. The highest BCUT2D eigenvalue weighted by Gasteiger charge is 2.40. The van der Waals surface area contributed by atoms with Gasteiger partial charge < -0.3 is 21.1 Å². The number of piperidine rings is 1. The summed E-state index contributed by atoms with van der Waals surface area (Å²) in [7, 11) is -0.546. The number of hydrogen-bond donors (Lipinski definition) is 4. The highest BCUT2D eigenvalue weighted by atomic mass is 32.2. The largest absolute Gasteiger partial charge is 0.386 e. The third kappa shape index (κ3) is 8.77. The number of nitrogens with one attached hydrogen (secondary N) is 2. The Kier molecular flexibility index (Phi) is 11.9. The molecule has 1 aliphatic carbocycles. The van der Waals surface area contributed by atoms with Gasteiger partial charge in [0.25, 0.3) is 15.9 Å². The molecule has 12 nitrogen and oxygen atoms in total. The molecule has 0 spiro atoms. The first-order valence-electron chi connectivity index (χ1n) is 16.4. The van der Waals surface area contributed by atoms with E-state index in [1.165, 1.54) is 17.5 Å². The number of aliphatic hydroxyl groups is 1. The molecular formula is C33H50N6O6S2. The van der Waals surface area contributed by atoms with Crippen LogP contribution in [0.1, 0.15) is 99.8 Å². The van der Waals surface area contributed by atoms with E-state index in [2.05, 4.69) is 15.0 Å². The van der Waals surface area contributed by atoms with Crippen LogP contribution in [0.3, 0.4) is 0 Å². The van der Waals surface area contributed by atoms with Crippen molar-refractivity contribution in [1.82, 2.24) is 24.8 Å². The summed E-state index contributed by atoms with van der Waals surface area (Å²) in [6, 6.07) is 4.76. The Morgan fingerprint density at radius 1 is 1.17 bits per heavy atom. The SMILES string of the molecule is CC[C@H](C)[C@H](NC(=O)[C@H]1CCCCN1C)C(=O)N(C)[C@H](C[C@@H](O)c1nc(C(=O)NS(=O)(=O)c2ccc(C3(N)CC3)cc2)cs1)C(C)C. The van der Waals surface area contributed by atoms with Gasteiger partial charge in [0.15, 0.2) is 0 Å². The van der Waals surface area contributed by atoms with Crippen molar-refractivity contribution in [3.05, 3.63) is 45.9 Å². The van der Waals surface area contributed by atoms with E-state index in [9.17, 15) is 27.9 Å². The minimum absolute atomic E-state index is 0.0512. The minimum atomic E-state index is -4.16. The topological polar surface area (TPSA) is 175 Å². The number of thiazole rings is 1. The lowest BCUT2D eigenvalue weighted by Crippen LogP contribution is -2.58. The lowest BCUT2D eigenvalue weighted by Gasteiger charge is -2.38. The Morgan fingerprint density at radius 3 is 2.40 bits per heavy atom. The summed E-state index contributed by atoms with van der Waals surface area (Å²) in [6.45, 7) is 8.67. The van der Waals surface area contributed by atoms with Crippen molar-refractivity contribution in [1.29, 1.82) is 0 Å². The Morgan fingerprint density at radius 2 is 1.83 bits per heavy atom. The highest BCUT2D eigenvalue weighted by Crippen LogP contribution is 2.42. The van der Waals surface area contributed by atoms with Crippen LogP contribution < -0.4 is 15.8 Å². The van der Waals surface area contributed by atoms with Crippen LogP contribution in [0.2, 0.25) is 0 Å². The van der Waals surface area contributed by atoms with Crippen molar-refractivity contribution in [3.8, 4) is 0 Å². The molecule has 2 heterocycles. The zero-order valence-electron chi connectivity index (χ0n) is 28.2. The fourth-order valence-corrected chi connectivity index (χ4v) is 7.85. The number of likely N-dealkylation sites (tertiary alicyclic amines) is 1. The van der Waals surface area contributed by atoms with E-state index in [0.717, 1.165) is 55.5 Å². The molecule has 1 saturated heterocycles. The average molecular weight is 691 g/mol. The van der Waals surface area contributed by atoms with Gasteiger partial charge in [-0.3, -0.25) is 19.3 Å². The van der Waals surface area contributed by atoms with Gasteiger partial charge in [-0.1, -0.05) is 52.7 Å². The number of amides is 3. The van der Waals surface area contributed by atoms with Crippen molar-refractivity contribution in [2.75, 3.05) is 20.6 Å². The van der Waals surface area contributed by atoms with Gasteiger partial charge in [0.05, 0.1) is 10.9 Å². The van der Waals surface area contributed by atoms with E-state index in [1.54, 1.807) is 24.1 Å². The van der Waals surface area contributed by atoms with E-state index in [1.807, 2.05) is 39.6 Å². The summed E-state index contributed by atoms with van der Waals surface area (Å²) < 4.78 is 27.8. The molecule has 2 aliphatic rings. The monoisotopic (exact) mass is 690 g/mol. The number of aliphatic hydroxyl groups excluding tert-OH is 1. The molecule has 0 bridgehead atoms. The summed E-state index contributed by atoms with van der Waals surface area (Å²) in [6.07, 6.45) is 4.16. The van der Waals surface area contributed by atoms with Gasteiger partial charge in [-0.15, -0.1) is 11.3 Å². The van der Waals surface area contributed by atoms with Crippen molar-refractivity contribution in [2.24, 2.45) is 17.6 Å². The number of carbonyl (C=O) groups excluding carboxylic acids is 3. The van der Waals surface area contributed by atoms with Crippen LogP contribution in [0.5, 0.6) is 0 Å². The quantitative estimate of drug-likeness (QED) is 0.232. The predicted molar refractivity (Wildman–Crippen MR) is 181 cm³/mol. The Hall–Kier alpha value is -2.91. The molecule has 0 radical (unpaired) electrons. The summed E-state index contributed by atoms with van der Waals surface area (Å²) in [5.74, 6) is -1.44. The number of benzene rings is 1. The van der Waals surface area contributed by atoms with E-state index in [-0.39, 0.29) is 51.7 Å². The van der Waals surface area contributed by atoms with Gasteiger partial charge in [0, 0.05) is 30.4 Å². The first-order chi connectivity index (χ1) is 22.1. The molecule has 1 aromatic carbocycles. The molecule has 3 amide bonds. The lowest BCUT2D eigenvalue weighted by molar-refractivity contribution is -0.141. The molecule has 47 heavy (non-hydrogen) atoms. The molecule has 5 N–H and O–H groups in total. The maximum Gasteiger partial charge on any atom is 0.284 e. The van der Waals surface area contributed by atoms with Crippen LogP contribution in [0.4, 0.5) is 0 Å². The van der Waals surface area contributed by atoms with Gasteiger partial charge in [-0.2, -0.15) is 0 Å². The Balaban J connectivity index is 1.41. The van der Waals surface area contributed by atoms with E-state index in [0.29, 0.717) is 6.42 Å². The lowest BCUT2D eigenvalue weighted by atomic mass is 9.92. The Bertz CT molecular complexity index is 1520. The van der Waals surface area contributed by atoms with Crippen LogP contribution in [-0.2, 0) is 25.2 Å². The van der Waals surface area contributed by atoms with Crippen LogP contribution in [0.15, 0.2) is 34.5 Å². The first-order valence-corrected chi connectivity index (χ1v) is 18.8. The number of sulfonamides is 1. The van der Waals surface area contributed by atoms with Crippen LogP contribution >= 0.6 is 11.3 Å². The zero-order valence-corrected chi connectivity index (χ0v) is 29.9. The number of nitrogens with two attached hydrogens (primary N) is 1. The van der Waals surface area contributed by atoms with Crippen molar-refractivity contribution >= 4 is 39.1 Å². The summed E-state index contributed by atoms with van der Waals surface area (Å²) in [4.78, 5) is 47.9. The average Bonchev–Trinajstić information content (AvgIpc) is 3.59. The molecule has 1 aromatic heterocycles. The van der Waals surface area contributed by atoms with Crippen LogP contribution in [-0.4, -0.2) is 84.8 Å². The third-order valence-corrected chi connectivity index (χ3v) is 12.0. The van der Waals surface area contributed by atoms with E-state index < -0.39 is 39.7 Å². The van der Waals surface area contributed by atoms with E-state index >= 15 is 0 Å². The number of hydrogen-bond acceptors (Lipinski definition) is 10. The van der Waals surface area contributed by atoms with Crippen LogP contribution in [0, 0.1) is 11.8 Å². The van der Waals surface area contributed by atoms with Gasteiger partial charge in [0.2, 0.25) is 11.8 Å². The number of likely N-dealkylation sites (N-methyl/N-ethyl adjacent to an activating group) is 2. The second-order valence-electron chi connectivity index (χ2n) is 13.6. The van der Waals surface area contributed by atoms with E-state index in [4.69, 9.17) is 5.73 Å². The van der Waals surface area contributed by atoms with Gasteiger partial charge in [0.1, 0.15) is 22.8 Å². The molecule has 0 unspecified atom stereocenters. The summed E-state index contributed by atoms with van der Waals surface area (Å²) in [5.41, 5.74) is 6.49. The van der Waals surface area contributed by atoms with Crippen molar-refractivity contribution < 1.29 is 27.9 Å². The Labute approximate surface area is 282 Å². The third-order valence-electron chi connectivity index (χ3n) is 9.72. The van der Waals surface area contributed by atoms with Gasteiger partial charge >= 0.3 is 0 Å². The zero-order chi connectivity index (χ0) is 34.7. The number of rotatable bonds is 14. The van der Waals surface area contributed by atoms with Crippen molar-refractivity contribution in [3.63, 3.8) is 0 Å². The summed E-state index contributed by atoms with van der Waals surface area (Å²) in [5, 5.41) is 15.9. The molecule has 260 valence electrons. The molecule has 1 saturated carbocycles. The maximum absolute atomic E-state index is 13.9. The fraction of sp³-hybridized carbons (Fsp3) is 0.636. The molecule has 2 fully saturated rings. The molecule has 1 aliphatic heterocycles. The standard InChI is InChI=1S/C33H50N6O6S2/c1-7-21(4)28(36-30(42)25-10-8-9-17-38(25)5)32(43)39(6)26(20(2)3)18-27(40)31-35-24(19-46-31)29(41)37-47(44,45)23-13-11-22(12-14-23)33(34)15-16-33/h11-14,19-21,25-28,40H,7-10,15-18,34H2,1-6H3,(H,36,42)(H,37,41)/t21-,25+,26+,27+,28-/m0/s1. The molecule has 5 atom stereocenters. The van der Waals surface area contributed by atoms with Gasteiger partial charge in [-0.05, 0) is 68.8 Å². The normalized spacial score (nSPS) is 20.6. The second kappa shape index (κ2) is 15.1.